The minimum atomic E-state index is -0.442. The molecule has 9 heteroatoms. The van der Waals surface area contributed by atoms with Gasteiger partial charge in [-0.1, -0.05) is 54.1 Å². The van der Waals surface area contributed by atoms with Gasteiger partial charge in [0.05, 0.1) is 21.2 Å². The molecule has 0 unspecified atom stereocenters. The quantitative estimate of drug-likeness (QED) is 0.221. The normalized spacial score (nSPS) is 11.1. The zero-order chi connectivity index (χ0) is 25.5. The van der Waals surface area contributed by atoms with Crippen LogP contribution in [0.4, 0.5) is 23.0 Å². The average Bonchev–Trinajstić information content (AvgIpc) is 2.88. The third-order valence-electron chi connectivity index (χ3n) is 5.13. The van der Waals surface area contributed by atoms with E-state index >= 15 is 0 Å². The zero-order valence-electron chi connectivity index (χ0n) is 19.2. The SMILES string of the molecule is Cc1ccc(Nc2nc(C=Cc3cccc([N+](=O)[O-])c3)cc(C=Cc3cccc([N+](=O)[O-])c3)n2)cc1. The van der Waals surface area contributed by atoms with Crippen molar-refractivity contribution in [2.75, 3.05) is 5.32 Å². The minimum absolute atomic E-state index is 0.00198. The number of aryl methyl sites for hydroxylation is 1. The fourth-order valence-electron chi connectivity index (χ4n) is 3.33. The fourth-order valence-corrected chi connectivity index (χ4v) is 3.33. The zero-order valence-corrected chi connectivity index (χ0v) is 19.2. The highest BCUT2D eigenvalue weighted by atomic mass is 16.6. The van der Waals surface area contributed by atoms with Crippen LogP contribution < -0.4 is 5.32 Å². The van der Waals surface area contributed by atoms with E-state index in [0.29, 0.717) is 28.5 Å². The van der Waals surface area contributed by atoms with Gasteiger partial charge < -0.3 is 5.32 Å². The van der Waals surface area contributed by atoms with Crippen LogP contribution in [0.15, 0.2) is 78.9 Å². The van der Waals surface area contributed by atoms with Crippen molar-refractivity contribution in [3.05, 3.63) is 127 Å². The van der Waals surface area contributed by atoms with Gasteiger partial charge in [0.15, 0.2) is 0 Å². The molecule has 9 nitrogen and oxygen atoms in total. The van der Waals surface area contributed by atoms with E-state index in [0.717, 1.165) is 11.3 Å². The van der Waals surface area contributed by atoms with Gasteiger partial charge in [-0.25, -0.2) is 9.97 Å². The van der Waals surface area contributed by atoms with E-state index in [1.54, 1.807) is 54.6 Å². The van der Waals surface area contributed by atoms with Crippen LogP contribution in [0.2, 0.25) is 0 Å². The van der Waals surface area contributed by atoms with Gasteiger partial charge in [0.2, 0.25) is 5.95 Å². The van der Waals surface area contributed by atoms with Crippen molar-refractivity contribution in [2.24, 2.45) is 0 Å². The maximum atomic E-state index is 11.1. The minimum Gasteiger partial charge on any atom is -0.324 e. The average molecular weight is 479 g/mol. The van der Waals surface area contributed by atoms with Crippen molar-refractivity contribution in [2.45, 2.75) is 6.92 Å². The Morgan fingerprint density at radius 2 is 1.19 bits per heavy atom. The fraction of sp³-hybridized carbons (Fsp3) is 0.0370. The molecule has 0 fully saturated rings. The maximum absolute atomic E-state index is 11.1. The predicted molar refractivity (Wildman–Crippen MR) is 141 cm³/mol. The van der Waals surface area contributed by atoms with E-state index in [4.69, 9.17) is 0 Å². The van der Waals surface area contributed by atoms with Crippen LogP contribution in [0.3, 0.4) is 0 Å². The third-order valence-corrected chi connectivity index (χ3v) is 5.13. The molecule has 178 valence electrons. The van der Waals surface area contributed by atoms with E-state index < -0.39 is 9.85 Å². The summed E-state index contributed by atoms with van der Waals surface area (Å²) >= 11 is 0. The van der Waals surface area contributed by atoms with Crippen molar-refractivity contribution in [1.29, 1.82) is 0 Å². The van der Waals surface area contributed by atoms with Crippen LogP contribution in [0, 0.1) is 27.2 Å². The first-order valence-corrected chi connectivity index (χ1v) is 10.9. The van der Waals surface area contributed by atoms with Gasteiger partial charge in [0.25, 0.3) is 11.4 Å². The van der Waals surface area contributed by atoms with Crippen molar-refractivity contribution in [3.63, 3.8) is 0 Å². The summed E-state index contributed by atoms with van der Waals surface area (Å²) in [6.45, 7) is 2.00. The maximum Gasteiger partial charge on any atom is 0.270 e. The van der Waals surface area contributed by atoms with Crippen molar-refractivity contribution < 1.29 is 9.85 Å². The van der Waals surface area contributed by atoms with Crippen molar-refractivity contribution in [1.82, 2.24) is 9.97 Å². The number of non-ortho nitro benzene ring substituents is 2. The summed E-state index contributed by atoms with van der Waals surface area (Å²) in [5.74, 6) is 0.360. The molecule has 3 aromatic carbocycles. The standard InChI is InChI=1S/C27H21N5O4/c1-19-8-12-22(13-9-19)28-27-29-23(14-10-20-4-2-6-25(16-20)31(33)34)18-24(30-27)15-11-21-5-3-7-26(17-21)32(35)36/h2-18H,1H3,(H,28,29,30). The van der Waals surface area contributed by atoms with E-state index in [1.165, 1.54) is 24.3 Å². The van der Waals surface area contributed by atoms with Gasteiger partial charge in [0, 0.05) is 30.0 Å². The van der Waals surface area contributed by atoms with E-state index in [2.05, 4.69) is 15.3 Å². The molecule has 0 aliphatic heterocycles. The number of nitrogens with zero attached hydrogens (tertiary/aromatic N) is 4. The highest BCUT2D eigenvalue weighted by Gasteiger charge is 2.07. The van der Waals surface area contributed by atoms with Crippen LogP contribution in [0.1, 0.15) is 28.1 Å². The first-order chi connectivity index (χ1) is 17.4. The van der Waals surface area contributed by atoms with Crippen LogP contribution >= 0.6 is 0 Å². The van der Waals surface area contributed by atoms with Crippen LogP contribution in [0.25, 0.3) is 24.3 Å². The number of anilines is 2. The Bertz CT molecular complexity index is 1390. The van der Waals surface area contributed by atoms with Crippen LogP contribution in [-0.4, -0.2) is 19.8 Å². The Morgan fingerprint density at radius 1 is 0.694 bits per heavy atom. The lowest BCUT2D eigenvalue weighted by Crippen LogP contribution is -2.00. The first-order valence-electron chi connectivity index (χ1n) is 10.9. The number of aromatic nitrogens is 2. The summed E-state index contributed by atoms with van der Waals surface area (Å²) in [7, 11) is 0. The highest BCUT2D eigenvalue weighted by Crippen LogP contribution is 2.20. The van der Waals surface area contributed by atoms with E-state index in [9.17, 15) is 20.2 Å². The smallest absolute Gasteiger partial charge is 0.270 e. The Kier molecular flexibility index (Phi) is 7.21. The second-order valence-corrected chi connectivity index (χ2v) is 7.90. The Hall–Kier alpha value is -5.18. The molecule has 0 atom stereocenters. The number of nitro benzene ring substituents is 2. The topological polar surface area (TPSA) is 124 Å². The summed E-state index contributed by atoms with van der Waals surface area (Å²) in [6, 6.07) is 22.1. The van der Waals surface area contributed by atoms with Gasteiger partial charge in [-0.15, -0.1) is 0 Å². The lowest BCUT2D eigenvalue weighted by Gasteiger charge is -2.07. The monoisotopic (exact) mass is 479 g/mol. The number of rotatable bonds is 8. The second-order valence-electron chi connectivity index (χ2n) is 7.90. The molecule has 36 heavy (non-hydrogen) atoms. The summed E-state index contributed by atoms with van der Waals surface area (Å²) in [5.41, 5.74) is 4.40. The molecule has 0 saturated carbocycles. The second kappa shape index (κ2) is 10.8. The molecule has 0 radical (unpaired) electrons. The largest absolute Gasteiger partial charge is 0.324 e. The molecule has 1 heterocycles. The molecule has 1 N–H and O–H groups in total. The molecular formula is C27H21N5O4. The molecule has 0 amide bonds. The molecule has 0 spiro atoms. The van der Waals surface area contributed by atoms with Crippen LogP contribution in [-0.2, 0) is 0 Å². The summed E-state index contributed by atoms with van der Waals surface area (Å²) < 4.78 is 0. The number of nitrogens with one attached hydrogen (secondary N) is 1. The Morgan fingerprint density at radius 3 is 1.67 bits per heavy atom. The van der Waals surface area contributed by atoms with Gasteiger partial charge in [0.1, 0.15) is 0 Å². The van der Waals surface area contributed by atoms with E-state index in [1.807, 2.05) is 31.2 Å². The number of hydrogen-bond acceptors (Lipinski definition) is 7. The third kappa shape index (κ3) is 6.45. The Balaban J connectivity index is 1.67. The summed E-state index contributed by atoms with van der Waals surface area (Å²) in [4.78, 5) is 30.3. The van der Waals surface area contributed by atoms with Crippen LogP contribution in [0.5, 0.6) is 0 Å². The molecule has 4 rings (SSSR count). The molecule has 4 aromatic rings. The highest BCUT2D eigenvalue weighted by molar-refractivity contribution is 5.74. The lowest BCUT2D eigenvalue weighted by molar-refractivity contribution is -0.385. The molecule has 0 saturated heterocycles. The Labute approximate surface area is 206 Å². The van der Waals surface area contributed by atoms with Gasteiger partial charge >= 0.3 is 0 Å². The molecule has 0 aliphatic rings. The van der Waals surface area contributed by atoms with Crippen molar-refractivity contribution in [3.8, 4) is 0 Å². The summed E-state index contributed by atoms with van der Waals surface area (Å²) in [5, 5.41) is 25.3. The number of hydrogen-bond donors (Lipinski definition) is 1. The van der Waals surface area contributed by atoms with Gasteiger partial charge in [-0.05, 0) is 48.4 Å². The number of benzene rings is 3. The molecule has 0 aliphatic carbocycles. The molecule has 0 bridgehead atoms. The molecule has 1 aromatic heterocycles. The lowest BCUT2D eigenvalue weighted by atomic mass is 10.1. The van der Waals surface area contributed by atoms with Gasteiger partial charge in [-0.2, -0.15) is 0 Å². The van der Waals surface area contributed by atoms with E-state index in [-0.39, 0.29) is 11.4 Å². The van der Waals surface area contributed by atoms with Gasteiger partial charge in [-0.3, -0.25) is 20.2 Å². The van der Waals surface area contributed by atoms with Crippen molar-refractivity contribution >= 4 is 47.3 Å². The predicted octanol–water partition coefficient (Wildman–Crippen LogP) is 6.69. The number of nitro groups is 2. The summed E-state index contributed by atoms with van der Waals surface area (Å²) in [6.07, 6.45) is 6.95. The first kappa shape index (κ1) is 24.0. The molecular weight excluding hydrogens is 458 g/mol.